The smallest absolute Gasteiger partial charge is 0.323 e. The molecule has 0 aromatic carbocycles. The Hall–Kier alpha value is -3.80. The Labute approximate surface area is 257 Å². The summed E-state index contributed by atoms with van der Waals surface area (Å²) in [5.74, 6) is -1.27. The maximum Gasteiger partial charge on any atom is 0.323 e. The molecule has 2 aliphatic rings. The number of urea groups is 1. The molecule has 3 rings (SSSR count). The van der Waals surface area contributed by atoms with Crippen molar-refractivity contribution in [2.24, 2.45) is 22.6 Å². The van der Waals surface area contributed by atoms with Gasteiger partial charge in [-0.05, 0) is 50.7 Å². The van der Waals surface area contributed by atoms with Gasteiger partial charge in [0.05, 0.1) is 11.4 Å². The van der Waals surface area contributed by atoms with Crippen molar-refractivity contribution in [1.82, 2.24) is 15.2 Å². The molecule has 5 atom stereocenters. The van der Waals surface area contributed by atoms with Crippen LogP contribution in [0.25, 0.3) is 0 Å². The number of aromatic nitrogens is 1. The summed E-state index contributed by atoms with van der Waals surface area (Å²) in [6.45, 7) is 7.64. The van der Waals surface area contributed by atoms with Gasteiger partial charge in [0.2, 0.25) is 5.60 Å². The Morgan fingerprint density at radius 2 is 1.98 bits per heavy atom. The number of carbonyl (C=O) groups is 3. The van der Waals surface area contributed by atoms with E-state index in [0.717, 1.165) is 38.4 Å². The number of hydrogen-bond donors (Lipinski definition) is 5. The molecule has 1 aromatic rings. The summed E-state index contributed by atoms with van der Waals surface area (Å²) in [7, 11) is 0. The predicted molar refractivity (Wildman–Crippen MR) is 161 cm³/mol. The van der Waals surface area contributed by atoms with Gasteiger partial charge in [-0.25, -0.2) is 9.79 Å². The molecule has 0 spiro atoms. The molecule has 0 unspecified atom stereocenters. The molecule has 0 radical (unpaired) electrons. The van der Waals surface area contributed by atoms with Crippen molar-refractivity contribution in [2.45, 2.75) is 96.2 Å². The maximum atomic E-state index is 12.8. The lowest BCUT2D eigenvalue weighted by atomic mass is 9.87. The van der Waals surface area contributed by atoms with Crippen LogP contribution in [0, 0.1) is 28.6 Å². The number of amidine groups is 1. The van der Waals surface area contributed by atoms with Gasteiger partial charge in [-0.1, -0.05) is 33.1 Å². The molecule has 44 heavy (non-hydrogen) atoms. The number of aliphatic hydroxyl groups excluding tert-OH is 1. The highest BCUT2D eigenvalue weighted by Gasteiger charge is 2.59. The quantitative estimate of drug-likeness (QED) is 0.132. The summed E-state index contributed by atoms with van der Waals surface area (Å²) in [5, 5.41) is 31.9. The van der Waals surface area contributed by atoms with E-state index in [1.54, 1.807) is 13.8 Å². The summed E-state index contributed by atoms with van der Waals surface area (Å²) in [6.07, 6.45) is 1.90. The molecule has 1 aliphatic carbocycles. The normalized spacial score (nSPS) is 24.8. The second-order valence-corrected chi connectivity index (χ2v) is 11.5. The number of nitrogens with one attached hydrogen (secondary N) is 3. The van der Waals surface area contributed by atoms with Crippen LogP contribution in [0.5, 0.6) is 0 Å². The van der Waals surface area contributed by atoms with E-state index in [4.69, 9.17) is 25.4 Å². The summed E-state index contributed by atoms with van der Waals surface area (Å²) >= 11 is 0. The van der Waals surface area contributed by atoms with Crippen LogP contribution in [0.3, 0.4) is 0 Å². The number of hydrogen-bond acceptors (Lipinski definition) is 10. The van der Waals surface area contributed by atoms with Crippen LogP contribution in [0.2, 0.25) is 0 Å². The van der Waals surface area contributed by atoms with Gasteiger partial charge in [0.15, 0.2) is 11.9 Å². The number of rotatable bonds is 12. The summed E-state index contributed by atoms with van der Waals surface area (Å²) in [5.41, 5.74) is 4.21. The Bertz CT molecular complexity index is 1230. The fraction of sp³-hybridized carbons (Fsp3) is 0.667. The number of esters is 2. The van der Waals surface area contributed by atoms with Gasteiger partial charge < -0.3 is 34.9 Å². The third-order valence-corrected chi connectivity index (χ3v) is 8.24. The van der Waals surface area contributed by atoms with Crippen molar-refractivity contribution >= 4 is 30.1 Å². The molecule has 1 saturated heterocycles. The fourth-order valence-corrected chi connectivity index (χ4v) is 5.48. The van der Waals surface area contributed by atoms with Gasteiger partial charge in [0.1, 0.15) is 37.3 Å². The Balaban J connectivity index is 1.88. The zero-order valence-electron chi connectivity index (χ0n) is 25.9. The highest BCUT2D eigenvalue weighted by atomic mass is 16.6. The molecule has 242 valence electrons. The topological polar surface area (TPSA) is 216 Å². The van der Waals surface area contributed by atoms with E-state index in [1.807, 2.05) is 19.9 Å². The number of nitrogens with two attached hydrogens (primary N) is 1. The third kappa shape index (κ3) is 8.02. The molecular formula is C30H45N7O7. The number of aromatic amines is 1. The van der Waals surface area contributed by atoms with E-state index in [1.165, 1.54) is 17.0 Å². The van der Waals surface area contributed by atoms with Gasteiger partial charge >= 0.3 is 18.0 Å². The largest absolute Gasteiger partial charge is 0.463 e. The van der Waals surface area contributed by atoms with Crippen molar-refractivity contribution in [3.05, 3.63) is 23.5 Å². The molecule has 0 bridgehead atoms. The Kier molecular flexibility index (Phi) is 12.4. The first-order valence-corrected chi connectivity index (χ1v) is 15.2. The molecular weight excluding hydrogens is 570 g/mol. The van der Waals surface area contributed by atoms with Crippen LogP contribution >= 0.6 is 0 Å². The van der Waals surface area contributed by atoms with Gasteiger partial charge in [-0.15, -0.1) is 0 Å². The fourth-order valence-electron chi connectivity index (χ4n) is 5.48. The molecule has 2 heterocycles. The first-order chi connectivity index (χ1) is 21.0. The number of nitrogens with zero attached hydrogens (tertiary/aromatic N) is 3. The number of aliphatic imine (C=N–C) groups is 1. The van der Waals surface area contributed by atoms with Crippen LogP contribution in [-0.4, -0.2) is 89.2 Å². The van der Waals surface area contributed by atoms with E-state index in [-0.39, 0.29) is 42.1 Å². The van der Waals surface area contributed by atoms with E-state index in [9.17, 15) is 24.8 Å². The van der Waals surface area contributed by atoms with Crippen LogP contribution in [0.4, 0.5) is 4.79 Å². The lowest BCUT2D eigenvalue weighted by Crippen LogP contribution is -2.46. The number of nitriles is 1. The second-order valence-electron chi connectivity index (χ2n) is 11.5. The molecule has 1 aliphatic heterocycles. The number of H-pyrrole nitrogens is 1. The molecule has 6 N–H and O–H groups in total. The third-order valence-electron chi connectivity index (χ3n) is 8.24. The summed E-state index contributed by atoms with van der Waals surface area (Å²) < 4.78 is 17.2. The lowest BCUT2D eigenvalue weighted by molar-refractivity contribution is -0.162. The molecule has 1 aromatic heterocycles. The average Bonchev–Trinajstić information content (AvgIpc) is 3.60. The van der Waals surface area contributed by atoms with Crippen molar-refractivity contribution in [3.63, 3.8) is 0 Å². The highest BCUT2D eigenvalue weighted by Crippen LogP contribution is 2.41. The highest BCUT2D eigenvalue weighted by molar-refractivity contribution is 6.08. The van der Waals surface area contributed by atoms with Crippen molar-refractivity contribution in [2.75, 3.05) is 19.7 Å². The van der Waals surface area contributed by atoms with E-state index in [2.05, 4.69) is 15.3 Å². The zero-order valence-corrected chi connectivity index (χ0v) is 25.9. The molecule has 14 nitrogen and oxygen atoms in total. The van der Waals surface area contributed by atoms with Gasteiger partial charge in [0.25, 0.3) is 0 Å². The van der Waals surface area contributed by atoms with Crippen LogP contribution in [-0.2, 0) is 29.4 Å². The van der Waals surface area contributed by atoms with E-state index in [0.29, 0.717) is 13.1 Å². The van der Waals surface area contributed by atoms with E-state index < -0.39 is 47.9 Å². The van der Waals surface area contributed by atoms with Gasteiger partial charge in [0, 0.05) is 19.5 Å². The summed E-state index contributed by atoms with van der Waals surface area (Å²) in [6, 6.07) is 3.52. The number of ether oxygens (including phenoxy) is 3. The lowest BCUT2D eigenvalue weighted by Gasteiger charge is -2.25. The predicted octanol–water partition coefficient (Wildman–Crippen LogP) is 2.31. The first-order valence-electron chi connectivity index (χ1n) is 15.2. The molecule has 2 amide bonds. The minimum Gasteiger partial charge on any atom is -0.463 e. The molecule has 14 heteroatoms. The SMILES string of the molecule is CCN(CC)C(=O)N/C(=N/C=N)c1ccc([C@]2(C#N)O[C@H](COC(=O)CC3CCCCC3)[C@@H](OC(=O)[C@@H](N)C(C)C)[C@H]2O)[nH]1. The Morgan fingerprint density at radius 1 is 1.30 bits per heavy atom. The molecule has 1 saturated carbocycles. The second kappa shape index (κ2) is 15.8. The number of aliphatic hydroxyl groups is 1. The number of amides is 2. The maximum absolute atomic E-state index is 12.8. The average molecular weight is 616 g/mol. The van der Waals surface area contributed by atoms with Gasteiger partial charge in [-0.3, -0.25) is 20.3 Å². The van der Waals surface area contributed by atoms with Gasteiger partial charge in [-0.2, -0.15) is 5.26 Å². The van der Waals surface area contributed by atoms with Crippen LogP contribution in [0.15, 0.2) is 17.1 Å². The van der Waals surface area contributed by atoms with Crippen molar-refractivity contribution in [3.8, 4) is 6.07 Å². The summed E-state index contributed by atoms with van der Waals surface area (Å²) in [4.78, 5) is 46.6. The standard InChI is InChI=1S/C30H45N7O7/c1-5-37(6-2)29(41)36-27(34-17-32)20-12-13-22(35-20)30(16-31)26(39)25(43-28(40)24(33)18(3)4)21(44-30)15-42-23(38)14-19-10-8-7-9-11-19/h12-13,17-19,21,24-26,35,39H,5-11,14-15,33H2,1-4H3,(H2,32,34,36,41)/t21-,24+,25-,26-,30+/m1/s1. The monoisotopic (exact) mass is 615 g/mol. The van der Waals surface area contributed by atoms with Crippen molar-refractivity contribution < 1.29 is 33.7 Å². The minimum absolute atomic E-state index is 0.00260. The van der Waals surface area contributed by atoms with Crippen LogP contribution in [0.1, 0.15) is 77.6 Å². The molecule has 2 fully saturated rings. The Morgan fingerprint density at radius 3 is 2.57 bits per heavy atom. The minimum atomic E-state index is -2.08. The van der Waals surface area contributed by atoms with Crippen molar-refractivity contribution in [1.29, 1.82) is 10.7 Å². The van der Waals surface area contributed by atoms with E-state index >= 15 is 0 Å². The first kappa shape index (κ1) is 34.7. The van der Waals surface area contributed by atoms with Crippen LogP contribution < -0.4 is 11.1 Å². The zero-order chi connectivity index (χ0) is 32.4. The number of carbonyl (C=O) groups excluding carboxylic acids is 3.